The van der Waals surface area contributed by atoms with Gasteiger partial charge in [-0.1, -0.05) is 30.3 Å². The summed E-state index contributed by atoms with van der Waals surface area (Å²) < 4.78 is 4.81. The minimum absolute atomic E-state index is 0.368. The summed E-state index contributed by atoms with van der Waals surface area (Å²) in [6.45, 7) is 2.69. The Balaban J connectivity index is 1.97. The number of rotatable bonds is 4. The number of thiophene rings is 1. The minimum atomic E-state index is -0.368. The Morgan fingerprint density at radius 2 is 2.00 bits per heavy atom. The van der Waals surface area contributed by atoms with Gasteiger partial charge < -0.3 is 10.1 Å². The van der Waals surface area contributed by atoms with Crippen LogP contribution in [0.4, 0.5) is 4.79 Å². The smallest absolute Gasteiger partial charge is 0.407 e. The van der Waals surface area contributed by atoms with Gasteiger partial charge in [-0.05, 0) is 24.6 Å². The molecule has 0 radical (unpaired) electrons. The van der Waals surface area contributed by atoms with Crippen molar-refractivity contribution in [2.45, 2.75) is 13.5 Å². The molecule has 1 N–H and O–H groups in total. The maximum absolute atomic E-state index is 11.2. The predicted molar refractivity (Wildman–Crippen MR) is 73.6 cm³/mol. The van der Waals surface area contributed by atoms with Crippen molar-refractivity contribution in [3.05, 3.63) is 47.3 Å². The summed E-state index contributed by atoms with van der Waals surface area (Å²) in [5.74, 6) is 0. The van der Waals surface area contributed by atoms with Crippen molar-refractivity contribution in [3.63, 3.8) is 0 Å². The fourth-order valence-electron chi connectivity index (χ4n) is 1.57. The molecule has 0 aliphatic heterocycles. The molecule has 2 aromatic rings. The number of carbonyl (C=O) groups excluding carboxylic acids is 1. The Hall–Kier alpha value is -1.81. The van der Waals surface area contributed by atoms with Crippen molar-refractivity contribution in [3.8, 4) is 10.4 Å². The molecule has 94 valence electrons. The average molecular weight is 261 g/mol. The van der Waals surface area contributed by atoms with Crippen molar-refractivity contribution in [2.75, 3.05) is 6.61 Å². The van der Waals surface area contributed by atoms with Crippen LogP contribution in [0.2, 0.25) is 0 Å². The molecule has 1 amide bonds. The lowest BCUT2D eigenvalue weighted by atomic mass is 10.2. The molecule has 0 bridgehead atoms. The van der Waals surface area contributed by atoms with E-state index in [9.17, 15) is 4.79 Å². The van der Waals surface area contributed by atoms with E-state index in [-0.39, 0.29) is 6.09 Å². The normalized spacial score (nSPS) is 10.1. The van der Waals surface area contributed by atoms with Gasteiger partial charge in [-0.25, -0.2) is 4.79 Å². The molecule has 2 rings (SSSR count). The number of benzene rings is 1. The number of carbonyl (C=O) groups is 1. The fourth-order valence-corrected chi connectivity index (χ4v) is 2.52. The van der Waals surface area contributed by atoms with Crippen molar-refractivity contribution in [2.24, 2.45) is 0 Å². The highest BCUT2D eigenvalue weighted by Gasteiger charge is 2.04. The summed E-state index contributed by atoms with van der Waals surface area (Å²) in [6.07, 6.45) is -0.368. The van der Waals surface area contributed by atoms with Crippen LogP contribution in [0.25, 0.3) is 10.4 Å². The predicted octanol–water partition coefficient (Wildman–Crippen LogP) is 3.66. The van der Waals surface area contributed by atoms with Gasteiger partial charge in [-0.15, -0.1) is 11.3 Å². The van der Waals surface area contributed by atoms with Gasteiger partial charge in [-0.3, -0.25) is 0 Å². The molecule has 3 nitrogen and oxygen atoms in total. The van der Waals surface area contributed by atoms with E-state index >= 15 is 0 Å². The van der Waals surface area contributed by atoms with E-state index in [0.717, 1.165) is 4.88 Å². The topological polar surface area (TPSA) is 38.3 Å². The van der Waals surface area contributed by atoms with Crippen LogP contribution in [0.15, 0.2) is 42.5 Å². The molecule has 0 saturated heterocycles. The standard InChI is InChI=1S/C14H15NO2S/c1-2-17-14(16)15-10-12-8-9-13(18-12)11-6-4-3-5-7-11/h3-9H,2,10H2,1H3,(H,15,16). The molecule has 0 fully saturated rings. The van der Waals surface area contributed by atoms with E-state index in [2.05, 4.69) is 23.5 Å². The van der Waals surface area contributed by atoms with Crippen molar-refractivity contribution in [1.82, 2.24) is 5.32 Å². The number of amides is 1. The van der Waals surface area contributed by atoms with E-state index < -0.39 is 0 Å². The van der Waals surface area contributed by atoms with E-state index in [1.807, 2.05) is 24.3 Å². The monoisotopic (exact) mass is 261 g/mol. The molecule has 0 aliphatic carbocycles. The van der Waals surface area contributed by atoms with Crippen LogP contribution in [-0.2, 0) is 11.3 Å². The first-order valence-corrected chi connectivity index (χ1v) is 6.66. The molecule has 0 saturated carbocycles. The van der Waals surface area contributed by atoms with Gasteiger partial charge in [0.15, 0.2) is 0 Å². The number of ether oxygens (including phenoxy) is 1. The molecular weight excluding hydrogens is 246 g/mol. The highest BCUT2D eigenvalue weighted by molar-refractivity contribution is 7.15. The zero-order valence-electron chi connectivity index (χ0n) is 10.2. The second kappa shape index (κ2) is 6.21. The summed E-state index contributed by atoms with van der Waals surface area (Å²) in [4.78, 5) is 13.5. The first-order chi connectivity index (χ1) is 8.79. The van der Waals surface area contributed by atoms with Gasteiger partial charge in [-0.2, -0.15) is 0 Å². The summed E-state index contributed by atoms with van der Waals surface area (Å²) >= 11 is 1.68. The van der Waals surface area contributed by atoms with Gasteiger partial charge in [0.1, 0.15) is 0 Å². The quantitative estimate of drug-likeness (QED) is 0.912. The largest absolute Gasteiger partial charge is 0.450 e. The SMILES string of the molecule is CCOC(=O)NCc1ccc(-c2ccccc2)s1. The highest BCUT2D eigenvalue weighted by atomic mass is 32.1. The Kier molecular flexibility index (Phi) is 4.36. The van der Waals surface area contributed by atoms with Gasteiger partial charge in [0.2, 0.25) is 0 Å². The summed E-state index contributed by atoms with van der Waals surface area (Å²) in [5.41, 5.74) is 1.20. The first-order valence-electron chi connectivity index (χ1n) is 5.84. The molecule has 1 aromatic carbocycles. The van der Waals surface area contributed by atoms with Crippen LogP contribution in [0.3, 0.4) is 0 Å². The van der Waals surface area contributed by atoms with E-state index in [4.69, 9.17) is 4.74 Å². The molecule has 0 atom stereocenters. The third kappa shape index (κ3) is 3.34. The Bertz CT molecular complexity index is 508. The maximum Gasteiger partial charge on any atom is 0.407 e. The summed E-state index contributed by atoms with van der Waals surface area (Å²) in [7, 11) is 0. The Morgan fingerprint density at radius 3 is 2.72 bits per heavy atom. The van der Waals surface area contributed by atoms with Gasteiger partial charge in [0, 0.05) is 9.75 Å². The average Bonchev–Trinajstić information content (AvgIpc) is 2.87. The zero-order valence-corrected chi connectivity index (χ0v) is 11.0. The third-order valence-corrected chi connectivity index (χ3v) is 3.54. The van der Waals surface area contributed by atoms with Crippen LogP contribution in [0.5, 0.6) is 0 Å². The molecular formula is C14H15NO2S. The summed E-state index contributed by atoms with van der Waals surface area (Å²) in [6, 6.07) is 14.3. The fraction of sp³-hybridized carbons (Fsp3) is 0.214. The van der Waals surface area contributed by atoms with Gasteiger partial charge >= 0.3 is 6.09 Å². The van der Waals surface area contributed by atoms with Crippen molar-refractivity contribution in [1.29, 1.82) is 0 Å². The van der Waals surface area contributed by atoms with Crippen LogP contribution in [0.1, 0.15) is 11.8 Å². The Morgan fingerprint density at radius 1 is 1.22 bits per heavy atom. The van der Waals surface area contributed by atoms with Crippen LogP contribution in [0, 0.1) is 0 Å². The van der Waals surface area contributed by atoms with Crippen molar-refractivity contribution < 1.29 is 9.53 Å². The second-order valence-corrected chi connectivity index (χ2v) is 4.87. The second-order valence-electron chi connectivity index (χ2n) is 3.71. The Labute approximate surface area is 110 Å². The summed E-state index contributed by atoms with van der Waals surface area (Å²) in [5, 5.41) is 2.71. The lowest BCUT2D eigenvalue weighted by molar-refractivity contribution is 0.152. The number of nitrogens with one attached hydrogen (secondary N) is 1. The van der Waals surface area contributed by atoms with Gasteiger partial charge in [0.25, 0.3) is 0 Å². The maximum atomic E-state index is 11.2. The molecule has 1 heterocycles. The molecule has 0 unspecified atom stereocenters. The molecule has 1 aromatic heterocycles. The van der Waals surface area contributed by atoms with Crippen LogP contribution < -0.4 is 5.32 Å². The number of hydrogen-bond acceptors (Lipinski definition) is 3. The van der Waals surface area contributed by atoms with Gasteiger partial charge in [0.05, 0.1) is 13.2 Å². The zero-order chi connectivity index (χ0) is 12.8. The van der Waals surface area contributed by atoms with E-state index in [1.165, 1.54) is 10.4 Å². The highest BCUT2D eigenvalue weighted by Crippen LogP contribution is 2.27. The number of alkyl carbamates (subject to hydrolysis) is 1. The lowest BCUT2D eigenvalue weighted by Gasteiger charge is -2.02. The molecule has 0 aliphatic rings. The molecule has 0 spiro atoms. The van der Waals surface area contributed by atoms with Crippen molar-refractivity contribution >= 4 is 17.4 Å². The minimum Gasteiger partial charge on any atom is -0.450 e. The first kappa shape index (κ1) is 12.6. The molecule has 18 heavy (non-hydrogen) atoms. The lowest BCUT2D eigenvalue weighted by Crippen LogP contribution is -2.23. The molecule has 4 heteroatoms. The van der Waals surface area contributed by atoms with E-state index in [1.54, 1.807) is 18.3 Å². The van der Waals surface area contributed by atoms with E-state index in [0.29, 0.717) is 13.2 Å². The van der Waals surface area contributed by atoms with Crippen LogP contribution >= 0.6 is 11.3 Å². The van der Waals surface area contributed by atoms with Crippen LogP contribution in [-0.4, -0.2) is 12.7 Å². The third-order valence-electron chi connectivity index (χ3n) is 2.40. The number of hydrogen-bond donors (Lipinski definition) is 1.